The number of nitrogens with zero attached hydrogens (tertiary/aromatic N) is 1. The van der Waals surface area contributed by atoms with Crippen LogP contribution in [0.25, 0.3) is 0 Å². The van der Waals surface area contributed by atoms with Gasteiger partial charge in [-0.15, -0.1) is 0 Å². The van der Waals surface area contributed by atoms with E-state index in [1.54, 1.807) is 4.90 Å². The number of aliphatic hydroxyl groups is 1. The fraction of sp³-hybridized carbons (Fsp3) is 0.857. The lowest BCUT2D eigenvalue weighted by Crippen LogP contribution is -2.64. The SMILES string of the molecule is CC(C)(C)C(=O)NCCC(=O)N1CC(O)(C2CC2)C1. The first kappa shape index (κ1) is 14.3. The van der Waals surface area contributed by atoms with E-state index in [9.17, 15) is 14.7 Å². The van der Waals surface area contributed by atoms with Crippen LogP contribution in [0.4, 0.5) is 0 Å². The molecule has 1 saturated heterocycles. The number of carbonyl (C=O) groups is 2. The van der Waals surface area contributed by atoms with Crippen LogP contribution < -0.4 is 5.32 Å². The highest BCUT2D eigenvalue weighted by Gasteiger charge is 2.52. The Morgan fingerprint density at radius 1 is 1.32 bits per heavy atom. The zero-order valence-electron chi connectivity index (χ0n) is 12.0. The predicted octanol–water partition coefficient (Wildman–Crippen LogP) is 0.522. The summed E-state index contributed by atoms with van der Waals surface area (Å²) < 4.78 is 0. The third-order valence-corrected chi connectivity index (χ3v) is 3.92. The Kier molecular flexibility index (Phi) is 3.60. The van der Waals surface area contributed by atoms with Gasteiger partial charge < -0.3 is 15.3 Å². The molecule has 0 unspecified atom stereocenters. The van der Waals surface area contributed by atoms with Crippen molar-refractivity contribution in [2.45, 2.75) is 45.6 Å². The number of carbonyl (C=O) groups excluding carboxylic acids is 2. The van der Waals surface area contributed by atoms with Crippen LogP contribution in [0.5, 0.6) is 0 Å². The van der Waals surface area contributed by atoms with Crippen molar-refractivity contribution in [1.29, 1.82) is 0 Å². The number of β-amino-alcohol motifs (C(OH)–C–C–N with tert-alkyl or cyclic N) is 1. The molecule has 2 rings (SSSR count). The highest BCUT2D eigenvalue weighted by atomic mass is 16.3. The molecule has 0 aromatic rings. The number of hydrogen-bond donors (Lipinski definition) is 2. The molecule has 1 heterocycles. The number of amides is 2. The molecule has 0 atom stereocenters. The van der Waals surface area contributed by atoms with E-state index in [0.29, 0.717) is 32.0 Å². The largest absolute Gasteiger partial charge is 0.386 e. The molecule has 19 heavy (non-hydrogen) atoms. The van der Waals surface area contributed by atoms with Gasteiger partial charge >= 0.3 is 0 Å². The fourth-order valence-corrected chi connectivity index (χ4v) is 2.38. The van der Waals surface area contributed by atoms with Crippen molar-refractivity contribution in [3.8, 4) is 0 Å². The van der Waals surface area contributed by atoms with Gasteiger partial charge in [-0.2, -0.15) is 0 Å². The number of likely N-dealkylation sites (tertiary alicyclic amines) is 1. The second kappa shape index (κ2) is 4.78. The van der Waals surface area contributed by atoms with Crippen molar-refractivity contribution in [2.75, 3.05) is 19.6 Å². The summed E-state index contributed by atoms with van der Waals surface area (Å²) in [7, 11) is 0. The highest BCUT2D eigenvalue weighted by molar-refractivity contribution is 5.82. The third kappa shape index (κ3) is 3.26. The highest BCUT2D eigenvalue weighted by Crippen LogP contribution is 2.44. The Morgan fingerprint density at radius 3 is 2.37 bits per heavy atom. The predicted molar refractivity (Wildman–Crippen MR) is 71.3 cm³/mol. The minimum Gasteiger partial charge on any atom is -0.386 e. The number of nitrogens with one attached hydrogen (secondary N) is 1. The average molecular weight is 268 g/mol. The quantitative estimate of drug-likeness (QED) is 0.781. The molecule has 5 nitrogen and oxygen atoms in total. The van der Waals surface area contributed by atoms with Crippen LogP contribution in [0.1, 0.15) is 40.0 Å². The topological polar surface area (TPSA) is 69.6 Å². The van der Waals surface area contributed by atoms with Crippen molar-refractivity contribution in [3.05, 3.63) is 0 Å². The molecule has 0 aromatic heterocycles. The van der Waals surface area contributed by atoms with Crippen LogP contribution in [-0.2, 0) is 9.59 Å². The molecule has 0 bridgehead atoms. The Labute approximate surface area is 114 Å². The average Bonchev–Trinajstić information content (AvgIpc) is 3.06. The van der Waals surface area contributed by atoms with Crippen LogP contribution in [0.3, 0.4) is 0 Å². The summed E-state index contributed by atoms with van der Waals surface area (Å²) in [5, 5.41) is 12.9. The van der Waals surface area contributed by atoms with Crippen molar-refractivity contribution in [1.82, 2.24) is 10.2 Å². The molecule has 0 radical (unpaired) electrons. The molecular weight excluding hydrogens is 244 g/mol. The Bertz CT molecular complexity index is 377. The zero-order chi connectivity index (χ0) is 14.3. The normalized spacial score (nSPS) is 21.8. The van der Waals surface area contributed by atoms with Gasteiger partial charge in [-0.05, 0) is 18.8 Å². The minimum atomic E-state index is -0.621. The summed E-state index contributed by atoms with van der Waals surface area (Å²) in [5.41, 5.74) is -1.05. The van der Waals surface area contributed by atoms with Crippen LogP contribution in [0, 0.1) is 11.3 Å². The van der Waals surface area contributed by atoms with E-state index in [4.69, 9.17) is 0 Å². The van der Waals surface area contributed by atoms with Gasteiger partial charge in [-0.1, -0.05) is 20.8 Å². The molecule has 1 aliphatic carbocycles. The maximum Gasteiger partial charge on any atom is 0.225 e. The molecule has 2 amide bonds. The van der Waals surface area contributed by atoms with Crippen LogP contribution in [-0.4, -0.2) is 47.1 Å². The van der Waals surface area contributed by atoms with Crippen LogP contribution in [0.2, 0.25) is 0 Å². The first-order valence-electron chi connectivity index (χ1n) is 7.01. The summed E-state index contributed by atoms with van der Waals surface area (Å²) in [6.45, 7) is 6.82. The van der Waals surface area contributed by atoms with E-state index in [1.165, 1.54) is 0 Å². The van der Waals surface area contributed by atoms with E-state index in [2.05, 4.69) is 5.32 Å². The molecule has 1 saturated carbocycles. The van der Waals surface area contributed by atoms with E-state index in [0.717, 1.165) is 12.8 Å². The molecular formula is C14H24N2O3. The van der Waals surface area contributed by atoms with Gasteiger partial charge in [0.15, 0.2) is 0 Å². The minimum absolute atomic E-state index is 0.0135. The van der Waals surface area contributed by atoms with E-state index in [1.807, 2.05) is 20.8 Å². The summed E-state index contributed by atoms with van der Waals surface area (Å²) in [6, 6.07) is 0. The Hall–Kier alpha value is -1.10. The van der Waals surface area contributed by atoms with Crippen molar-refractivity contribution < 1.29 is 14.7 Å². The number of hydrogen-bond acceptors (Lipinski definition) is 3. The second-order valence-corrected chi connectivity index (χ2v) is 6.88. The summed E-state index contributed by atoms with van der Waals surface area (Å²) in [6.07, 6.45) is 2.48. The molecule has 0 spiro atoms. The van der Waals surface area contributed by atoms with Gasteiger partial charge in [-0.25, -0.2) is 0 Å². The van der Waals surface area contributed by atoms with Gasteiger partial charge in [0, 0.05) is 18.4 Å². The van der Waals surface area contributed by atoms with Crippen LogP contribution in [0.15, 0.2) is 0 Å². The monoisotopic (exact) mass is 268 g/mol. The van der Waals surface area contributed by atoms with Gasteiger partial charge in [-0.3, -0.25) is 9.59 Å². The van der Waals surface area contributed by atoms with Crippen molar-refractivity contribution in [3.63, 3.8) is 0 Å². The lowest BCUT2D eigenvalue weighted by Gasteiger charge is -2.47. The van der Waals surface area contributed by atoms with Gasteiger partial charge in [0.1, 0.15) is 5.60 Å². The van der Waals surface area contributed by atoms with E-state index in [-0.39, 0.29) is 11.8 Å². The van der Waals surface area contributed by atoms with Gasteiger partial charge in [0.05, 0.1) is 13.1 Å². The molecule has 0 aromatic carbocycles. The number of rotatable bonds is 4. The molecule has 2 aliphatic rings. The standard InChI is InChI=1S/C14H24N2O3/c1-13(2,3)12(18)15-7-6-11(17)16-8-14(19,9-16)10-4-5-10/h10,19H,4-9H2,1-3H3,(H,15,18). The lowest BCUT2D eigenvalue weighted by molar-refractivity contribution is -0.159. The summed E-state index contributed by atoms with van der Waals surface area (Å²) >= 11 is 0. The summed E-state index contributed by atoms with van der Waals surface area (Å²) in [4.78, 5) is 25.2. The smallest absolute Gasteiger partial charge is 0.225 e. The van der Waals surface area contributed by atoms with E-state index >= 15 is 0 Å². The van der Waals surface area contributed by atoms with E-state index < -0.39 is 11.0 Å². The molecule has 2 N–H and O–H groups in total. The first-order valence-corrected chi connectivity index (χ1v) is 7.01. The molecule has 108 valence electrons. The van der Waals surface area contributed by atoms with Crippen molar-refractivity contribution in [2.24, 2.45) is 11.3 Å². The Balaban J connectivity index is 1.65. The fourth-order valence-electron chi connectivity index (χ4n) is 2.38. The molecule has 1 aliphatic heterocycles. The van der Waals surface area contributed by atoms with Crippen molar-refractivity contribution >= 4 is 11.8 Å². The molecule has 5 heteroatoms. The van der Waals surface area contributed by atoms with Crippen LogP contribution >= 0.6 is 0 Å². The summed E-state index contributed by atoms with van der Waals surface area (Å²) in [5.74, 6) is 0.370. The van der Waals surface area contributed by atoms with Gasteiger partial charge in [0.2, 0.25) is 11.8 Å². The maximum atomic E-state index is 11.9. The molecule has 2 fully saturated rings. The second-order valence-electron chi connectivity index (χ2n) is 6.88. The Morgan fingerprint density at radius 2 is 1.89 bits per heavy atom. The lowest BCUT2D eigenvalue weighted by atomic mass is 9.88. The first-order chi connectivity index (χ1) is 8.72. The maximum absolute atomic E-state index is 11.9. The zero-order valence-corrected chi connectivity index (χ0v) is 12.0. The van der Waals surface area contributed by atoms with Gasteiger partial charge in [0.25, 0.3) is 0 Å². The third-order valence-electron chi connectivity index (χ3n) is 3.92.